The molecule has 0 radical (unpaired) electrons. The maximum atomic E-state index is 12.5. The van der Waals surface area contributed by atoms with E-state index in [4.69, 9.17) is 5.73 Å². The molecule has 1 aliphatic rings. The highest BCUT2D eigenvalue weighted by Gasteiger charge is 2.25. The Labute approximate surface area is 154 Å². The van der Waals surface area contributed by atoms with Gasteiger partial charge in [-0.2, -0.15) is 0 Å². The first-order valence-corrected chi connectivity index (χ1v) is 9.63. The monoisotopic (exact) mass is 408 g/mol. The molecular formula is C17H21BrN4OS. The number of hydrogen-bond acceptors (Lipinski definition) is 5. The number of halogens is 1. The molecule has 0 saturated carbocycles. The number of amides is 1. The number of thiophene rings is 1. The predicted octanol–water partition coefficient (Wildman–Crippen LogP) is 2.12. The average molecular weight is 409 g/mol. The Balaban J connectivity index is 1.47. The smallest absolute Gasteiger partial charge is 0.239 e. The van der Waals surface area contributed by atoms with Crippen LogP contribution in [0.4, 0.5) is 0 Å². The van der Waals surface area contributed by atoms with E-state index >= 15 is 0 Å². The summed E-state index contributed by atoms with van der Waals surface area (Å²) in [6, 6.07) is 9.52. The fraction of sp³-hybridized carbons (Fsp3) is 0.412. The second kappa shape index (κ2) is 8.20. The van der Waals surface area contributed by atoms with Crippen LogP contribution in [0.15, 0.2) is 40.3 Å². The second-order valence-electron chi connectivity index (χ2n) is 5.94. The molecule has 1 amide bonds. The van der Waals surface area contributed by atoms with Gasteiger partial charge in [0.15, 0.2) is 0 Å². The fourth-order valence-electron chi connectivity index (χ4n) is 2.85. The van der Waals surface area contributed by atoms with E-state index in [0.29, 0.717) is 6.42 Å². The van der Waals surface area contributed by atoms with Crippen LogP contribution in [0.5, 0.6) is 0 Å². The van der Waals surface area contributed by atoms with Gasteiger partial charge < -0.3 is 10.6 Å². The Hall–Kier alpha value is -1.28. The molecule has 24 heavy (non-hydrogen) atoms. The normalized spacial score (nSPS) is 17.0. The van der Waals surface area contributed by atoms with Gasteiger partial charge in [-0.15, -0.1) is 11.3 Å². The molecule has 2 aromatic heterocycles. The number of carbonyl (C=O) groups is 1. The van der Waals surface area contributed by atoms with Gasteiger partial charge in [0.2, 0.25) is 5.91 Å². The first-order valence-electron chi connectivity index (χ1n) is 8.02. The van der Waals surface area contributed by atoms with Gasteiger partial charge in [0.1, 0.15) is 0 Å². The van der Waals surface area contributed by atoms with E-state index in [-0.39, 0.29) is 5.91 Å². The van der Waals surface area contributed by atoms with Crippen molar-refractivity contribution in [2.45, 2.75) is 19.0 Å². The number of nitrogens with zero attached hydrogens (tertiary/aromatic N) is 3. The summed E-state index contributed by atoms with van der Waals surface area (Å²) in [4.78, 5) is 22.3. The Bertz CT molecular complexity index is 670. The van der Waals surface area contributed by atoms with E-state index in [9.17, 15) is 4.79 Å². The maximum absolute atomic E-state index is 12.5. The molecule has 0 aromatic carbocycles. The number of carbonyl (C=O) groups excluding carboxylic acids is 1. The lowest BCUT2D eigenvalue weighted by atomic mass is 10.1. The van der Waals surface area contributed by atoms with Crippen molar-refractivity contribution in [3.8, 4) is 0 Å². The van der Waals surface area contributed by atoms with Crippen LogP contribution in [0.3, 0.4) is 0 Å². The fourth-order valence-corrected chi connectivity index (χ4v) is 4.39. The van der Waals surface area contributed by atoms with Gasteiger partial charge in [-0.1, -0.05) is 6.07 Å². The number of pyridine rings is 1. The largest absolute Gasteiger partial charge is 0.339 e. The summed E-state index contributed by atoms with van der Waals surface area (Å²) in [6.07, 6.45) is 2.42. The number of rotatable bonds is 5. The minimum atomic E-state index is -0.460. The highest BCUT2D eigenvalue weighted by molar-refractivity contribution is 9.11. The first-order chi connectivity index (χ1) is 11.6. The van der Waals surface area contributed by atoms with Crippen LogP contribution < -0.4 is 5.73 Å². The molecule has 2 N–H and O–H groups in total. The topological polar surface area (TPSA) is 62.5 Å². The molecule has 0 spiro atoms. The van der Waals surface area contributed by atoms with E-state index in [1.54, 1.807) is 11.3 Å². The molecule has 1 fully saturated rings. The molecule has 3 heterocycles. The minimum absolute atomic E-state index is 0.0528. The zero-order valence-corrected chi connectivity index (χ0v) is 15.8. The summed E-state index contributed by atoms with van der Waals surface area (Å²) in [7, 11) is 0. The van der Waals surface area contributed by atoms with Gasteiger partial charge in [-0.05, 0) is 40.2 Å². The van der Waals surface area contributed by atoms with Gasteiger partial charge in [0.25, 0.3) is 0 Å². The lowest BCUT2D eigenvalue weighted by Crippen LogP contribution is -2.53. The summed E-state index contributed by atoms with van der Waals surface area (Å²) >= 11 is 5.07. The van der Waals surface area contributed by atoms with Crippen molar-refractivity contribution in [2.24, 2.45) is 5.73 Å². The van der Waals surface area contributed by atoms with E-state index in [1.807, 2.05) is 41.4 Å². The third kappa shape index (κ3) is 4.63. The zero-order valence-electron chi connectivity index (χ0n) is 13.4. The lowest BCUT2D eigenvalue weighted by Gasteiger charge is -2.35. The molecule has 7 heteroatoms. The standard InChI is InChI=1S/C17H21BrN4OS/c18-16-5-4-14(24-16)11-15(19)17(23)22-9-7-21(8-10-22)12-13-3-1-2-6-20-13/h1-6,15H,7-12,19H2. The van der Waals surface area contributed by atoms with Crippen molar-refractivity contribution in [3.63, 3.8) is 0 Å². The molecule has 3 rings (SSSR count). The molecule has 2 aromatic rings. The summed E-state index contributed by atoms with van der Waals surface area (Å²) in [5.74, 6) is 0.0528. The first kappa shape index (κ1) is 17.5. The molecular weight excluding hydrogens is 388 g/mol. The number of aromatic nitrogens is 1. The summed E-state index contributed by atoms with van der Waals surface area (Å²) in [6.45, 7) is 4.01. The SMILES string of the molecule is NC(Cc1ccc(Br)s1)C(=O)N1CCN(Cc2ccccn2)CC1. The zero-order chi connectivity index (χ0) is 16.9. The molecule has 0 bridgehead atoms. The predicted molar refractivity (Wildman–Crippen MR) is 99.8 cm³/mol. The van der Waals surface area contributed by atoms with Crippen molar-refractivity contribution >= 4 is 33.2 Å². The molecule has 5 nitrogen and oxygen atoms in total. The van der Waals surface area contributed by atoms with Crippen LogP contribution in [-0.2, 0) is 17.8 Å². The second-order valence-corrected chi connectivity index (χ2v) is 8.49. The number of hydrogen-bond donors (Lipinski definition) is 1. The van der Waals surface area contributed by atoms with E-state index in [2.05, 4.69) is 25.8 Å². The summed E-state index contributed by atoms with van der Waals surface area (Å²) in [5.41, 5.74) is 7.19. The average Bonchev–Trinajstić information content (AvgIpc) is 3.00. The quantitative estimate of drug-likeness (QED) is 0.822. The van der Waals surface area contributed by atoms with Crippen LogP contribution in [0.2, 0.25) is 0 Å². The third-order valence-electron chi connectivity index (χ3n) is 4.16. The van der Waals surface area contributed by atoms with Crippen molar-refractivity contribution in [3.05, 3.63) is 50.9 Å². The molecule has 1 unspecified atom stereocenters. The van der Waals surface area contributed by atoms with Crippen LogP contribution in [0.25, 0.3) is 0 Å². The van der Waals surface area contributed by atoms with Crippen LogP contribution in [-0.4, -0.2) is 52.9 Å². The molecule has 1 saturated heterocycles. The Morgan fingerprint density at radius 1 is 1.25 bits per heavy atom. The Morgan fingerprint density at radius 3 is 2.67 bits per heavy atom. The van der Waals surface area contributed by atoms with Crippen LogP contribution in [0.1, 0.15) is 10.6 Å². The highest BCUT2D eigenvalue weighted by Crippen LogP contribution is 2.23. The van der Waals surface area contributed by atoms with Gasteiger partial charge >= 0.3 is 0 Å². The molecule has 0 aliphatic carbocycles. The van der Waals surface area contributed by atoms with Crippen molar-refractivity contribution in [1.82, 2.24) is 14.8 Å². The Kier molecular flexibility index (Phi) is 5.99. The minimum Gasteiger partial charge on any atom is -0.339 e. The van der Waals surface area contributed by atoms with Gasteiger partial charge in [-0.25, -0.2) is 0 Å². The molecule has 128 valence electrons. The highest BCUT2D eigenvalue weighted by atomic mass is 79.9. The number of piperazine rings is 1. The molecule has 1 aliphatic heterocycles. The van der Waals surface area contributed by atoms with Gasteiger partial charge in [0.05, 0.1) is 15.5 Å². The third-order valence-corrected chi connectivity index (χ3v) is 5.81. The number of nitrogens with two attached hydrogens (primary N) is 1. The van der Waals surface area contributed by atoms with Crippen molar-refractivity contribution < 1.29 is 4.79 Å². The van der Waals surface area contributed by atoms with Gasteiger partial charge in [-0.3, -0.25) is 14.7 Å². The van der Waals surface area contributed by atoms with Crippen LogP contribution >= 0.6 is 27.3 Å². The molecule has 1 atom stereocenters. The summed E-state index contributed by atoms with van der Waals surface area (Å²) in [5, 5.41) is 0. The van der Waals surface area contributed by atoms with Gasteiger partial charge in [0, 0.05) is 50.2 Å². The van der Waals surface area contributed by atoms with Crippen LogP contribution in [0, 0.1) is 0 Å². The van der Waals surface area contributed by atoms with E-state index in [1.165, 1.54) is 0 Å². The summed E-state index contributed by atoms with van der Waals surface area (Å²) < 4.78 is 1.07. The Morgan fingerprint density at radius 2 is 2.04 bits per heavy atom. The maximum Gasteiger partial charge on any atom is 0.239 e. The van der Waals surface area contributed by atoms with Crippen molar-refractivity contribution in [2.75, 3.05) is 26.2 Å². The van der Waals surface area contributed by atoms with E-state index < -0.39 is 6.04 Å². The van der Waals surface area contributed by atoms with E-state index in [0.717, 1.165) is 47.1 Å². The lowest BCUT2D eigenvalue weighted by molar-refractivity contribution is -0.134. The van der Waals surface area contributed by atoms with Crippen molar-refractivity contribution in [1.29, 1.82) is 0 Å².